The van der Waals surface area contributed by atoms with Gasteiger partial charge >= 0.3 is 0 Å². The number of rotatable bonds is 2. The minimum Gasteiger partial charge on any atom is -0.329 e. The van der Waals surface area contributed by atoms with Crippen LogP contribution in [0.5, 0.6) is 0 Å². The van der Waals surface area contributed by atoms with Crippen LogP contribution in [0.4, 0.5) is 0 Å². The molecule has 4 nitrogen and oxygen atoms in total. The Balaban J connectivity index is 3.24. The molecule has 0 aliphatic rings. The van der Waals surface area contributed by atoms with E-state index in [2.05, 4.69) is 4.98 Å². The number of pyridine rings is 1. The largest absolute Gasteiger partial charge is 0.329 e. The molecule has 0 radical (unpaired) electrons. The van der Waals surface area contributed by atoms with Gasteiger partial charge in [0.05, 0.1) is 0 Å². The molecular weight excluding hydrogens is 142 g/mol. The summed E-state index contributed by atoms with van der Waals surface area (Å²) in [5.74, 6) is 0. The molecule has 0 bridgehead atoms. The molecule has 1 aromatic heterocycles. The van der Waals surface area contributed by atoms with Crippen molar-refractivity contribution in [3.63, 3.8) is 0 Å². The summed E-state index contributed by atoms with van der Waals surface area (Å²) in [6.45, 7) is 0.596. The lowest BCUT2D eigenvalue weighted by Crippen LogP contribution is -2.19. The first-order chi connectivity index (χ1) is 5.29. The highest BCUT2D eigenvalue weighted by Crippen LogP contribution is 1.98. The van der Waals surface area contributed by atoms with Crippen LogP contribution in [0.2, 0.25) is 0 Å². The van der Waals surface area contributed by atoms with Crippen LogP contribution in [0, 0.1) is 0 Å². The number of H-pyrrole nitrogens is 1. The zero-order chi connectivity index (χ0) is 8.27. The first kappa shape index (κ1) is 7.97. The molecule has 11 heavy (non-hydrogen) atoms. The summed E-state index contributed by atoms with van der Waals surface area (Å²) in [5.41, 5.74) is 12.0. The van der Waals surface area contributed by atoms with E-state index in [0.29, 0.717) is 12.1 Å². The van der Waals surface area contributed by atoms with Crippen molar-refractivity contribution in [2.24, 2.45) is 11.5 Å². The molecule has 0 spiro atoms. The van der Waals surface area contributed by atoms with Gasteiger partial charge in [-0.25, -0.2) is 0 Å². The van der Waals surface area contributed by atoms with Gasteiger partial charge in [-0.15, -0.1) is 0 Å². The van der Waals surface area contributed by atoms with Crippen molar-refractivity contribution < 1.29 is 0 Å². The van der Waals surface area contributed by atoms with Gasteiger partial charge in [0, 0.05) is 24.8 Å². The van der Waals surface area contributed by atoms with Crippen LogP contribution in [0.25, 0.3) is 0 Å². The van der Waals surface area contributed by atoms with E-state index in [-0.39, 0.29) is 12.1 Å². The minimum absolute atomic E-state index is 0.143. The number of nitrogens with one attached hydrogen (secondary N) is 1. The Kier molecular flexibility index (Phi) is 2.40. The average Bonchev–Trinajstić information content (AvgIpc) is 2.04. The zero-order valence-electron chi connectivity index (χ0n) is 6.13. The van der Waals surface area contributed by atoms with Gasteiger partial charge in [0.1, 0.15) is 0 Å². The van der Waals surface area contributed by atoms with E-state index in [4.69, 9.17) is 11.5 Å². The van der Waals surface area contributed by atoms with Crippen molar-refractivity contribution in [3.05, 3.63) is 33.7 Å². The summed E-state index contributed by atoms with van der Waals surface area (Å²) in [4.78, 5) is 13.6. The molecule has 0 saturated carbocycles. The summed E-state index contributed by atoms with van der Waals surface area (Å²) < 4.78 is 0. The van der Waals surface area contributed by atoms with Gasteiger partial charge in [0.15, 0.2) is 0 Å². The Morgan fingerprint density at radius 2 is 2.09 bits per heavy atom. The lowest BCUT2D eigenvalue weighted by molar-refractivity contribution is 0.940. The maximum absolute atomic E-state index is 11.0. The highest BCUT2D eigenvalue weighted by Gasteiger charge is 2.01. The van der Waals surface area contributed by atoms with Gasteiger partial charge in [-0.1, -0.05) is 0 Å². The zero-order valence-corrected chi connectivity index (χ0v) is 6.13. The van der Waals surface area contributed by atoms with E-state index < -0.39 is 0 Å². The van der Waals surface area contributed by atoms with Crippen LogP contribution < -0.4 is 17.0 Å². The van der Waals surface area contributed by atoms with E-state index in [9.17, 15) is 4.79 Å². The second kappa shape index (κ2) is 3.32. The maximum atomic E-state index is 11.0. The molecule has 60 valence electrons. The molecule has 1 aromatic rings. The van der Waals surface area contributed by atoms with Crippen LogP contribution in [0.3, 0.4) is 0 Å². The van der Waals surface area contributed by atoms with Crippen LogP contribution in [0.1, 0.15) is 11.1 Å². The van der Waals surface area contributed by atoms with Gasteiger partial charge < -0.3 is 16.5 Å². The van der Waals surface area contributed by atoms with Gasteiger partial charge in [0.2, 0.25) is 0 Å². The molecule has 0 aliphatic heterocycles. The lowest BCUT2D eigenvalue weighted by atomic mass is 10.1. The fourth-order valence-electron chi connectivity index (χ4n) is 0.967. The standard InChI is InChI=1S/C7H11N3O/c8-3-5-1-2-10-7(11)6(5)4-9/h1-2H,3-4,8-9H2,(H,10,11). The van der Waals surface area contributed by atoms with Crippen molar-refractivity contribution in [1.29, 1.82) is 0 Å². The lowest BCUT2D eigenvalue weighted by Gasteiger charge is -2.01. The highest BCUT2D eigenvalue weighted by atomic mass is 16.1. The predicted octanol–water partition coefficient (Wildman–Crippen LogP) is -0.708. The van der Waals surface area contributed by atoms with Crippen LogP contribution in [-0.2, 0) is 13.1 Å². The van der Waals surface area contributed by atoms with Crippen LogP contribution >= 0.6 is 0 Å². The quantitative estimate of drug-likeness (QED) is 0.524. The number of aromatic nitrogens is 1. The number of hydrogen-bond acceptors (Lipinski definition) is 3. The minimum atomic E-state index is -0.143. The van der Waals surface area contributed by atoms with Crippen molar-refractivity contribution in [1.82, 2.24) is 4.98 Å². The molecule has 0 amide bonds. The summed E-state index contributed by atoms with van der Waals surface area (Å²) >= 11 is 0. The topological polar surface area (TPSA) is 84.9 Å². The van der Waals surface area contributed by atoms with Gasteiger partial charge in [-0.3, -0.25) is 4.79 Å². The maximum Gasteiger partial charge on any atom is 0.252 e. The van der Waals surface area contributed by atoms with Gasteiger partial charge in [-0.05, 0) is 11.6 Å². The van der Waals surface area contributed by atoms with Crippen molar-refractivity contribution in [3.8, 4) is 0 Å². The number of hydrogen-bond donors (Lipinski definition) is 3. The molecule has 1 heterocycles. The molecule has 0 fully saturated rings. The molecule has 0 aromatic carbocycles. The molecule has 0 unspecified atom stereocenters. The predicted molar refractivity (Wildman–Crippen MR) is 42.8 cm³/mol. The molecule has 0 saturated heterocycles. The van der Waals surface area contributed by atoms with Crippen LogP contribution in [0.15, 0.2) is 17.1 Å². The van der Waals surface area contributed by atoms with E-state index >= 15 is 0 Å². The SMILES string of the molecule is NCc1cc[nH]c(=O)c1CN. The normalized spacial score (nSPS) is 10.0. The smallest absolute Gasteiger partial charge is 0.252 e. The molecule has 0 aliphatic carbocycles. The third-order valence-corrected chi connectivity index (χ3v) is 1.58. The van der Waals surface area contributed by atoms with Gasteiger partial charge in [-0.2, -0.15) is 0 Å². The van der Waals surface area contributed by atoms with E-state index in [1.54, 1.807) is 12.3 Å². The Hall–Kier alpha value is -1.13. The second-order valence-electron chi connectivity index (χ2n) is 2.22. The van der Waals surface area contributed by atoms with Crippen molar-refractivity contribution >= 4 is 0 Å². The van der Waals surface area contributed by atoms with Crippen molar-refractivity contribution in [2.45, 2.75) is 13.1 Å². The molecule has 5 N–H and O–H groups in total. The third kappa shape index (κ3) is 1.47. The van der Waals surface area contributed by atoms with E-state index in [0.717, 1.165) is 5.56 Å². The summed E-state index contributed by atoms with van der Waals surface area (Å²) in [6.07, 6.45) is 1.57. The Bertz CT molecular complexity index is 292. The highest BCUT2D eigenvalue weighted by molar-refractivity contribution is 5.22. The second-order valence-corrected chi connectivity index (χ2v) is 2.22. The number of nitrogens with two attached hydrogens (primary N) is 2. The average molecular weight is 153 g/mol. The van der Waals surface area contributed by atoms with Gasteiger partial charge in [0.25, 0.3) is 5.56 Å². The first-order valence-corrected chi connectivity index (χ1v) is 3.39. The Labute approximate surface area is 64.2 Å². The van der Waals surface area contributed by atoms with Crippen molar-refractivity contribution in [2.75, 3.05) is 0 Å². The summed E-state index contributed by atoms with van der Waals surface area (Å²) in [7, 11) is 0. The number of aromatic amines is 1. The molecular formula is C7H11N3O. The summed E-state index contributed by atoms with van der Waals surface area (Å²) in [6, 6.07) is 1.77. The van der Waals surface area contributed by atoms with Crippen LogP contribution in [-0.4, -0.2) is 4.98 Å². The summed E-state index contributed by atoms with van der Waals surface area (Å²) in [5, 5.41) is 0. The fourth-order valence-corrected chi connectivity index (χ4v) is 0.967. The van der Waals surface area contributed by atoms with E-state index in [1.807, 2.05) is 0 Å². The monoisotopic (exact) mass is 153 g/mol. The molecule has 4 heteroatoms. The molecule has 0 atom stereocenters. The first-order valence-electron chi connectivity index (χ1n) is 3.39. The third-order valence-electron chi connectivity index (χ3n) is 1.58. The fraction of sp³-hybridized carbons (Fsp3) is 0.286. The Morgan fingerprint density at radius 3 is 2.55 bits per heavy atom. The van der Waals surface area contributed by atoms with E-state index in [1.165, 1.54) is 0 Å². The Morgan fingerprint density at radius 1 is 1.36 bits per heavy atom. The molecule has 1 rings (SSSR count).